The van der Waals surface area contributed by atoms with Crippen molar-refractivity contribution in [3.05, 3.63) is 40.5 Å². The lowest BCUT2D eigenvalue weighted by Crippen LogP contribution is -2.20. The van der Waals surface area contributed by atoms with Gasteiger partial charge in [-0.3, -0.25) is 0 Å². The number of nitrogens with two attached hydrogens (primary N) is 2. The van der Waals surface area contributed by atoms with Gasteiger partial charge in [0.1, 0.15) is 0 Å². The Morgan fingerprint density at radius 2 is 2.12 bits per heavy atom. The number of hydrogen-bond acceptors (Lipinski definition) is 3. The Bertz CT molecular complexity index is 411. The topological polar surface area (TPSA) is 55.3 Å². The second-order valence-electron chi connectivity index (χ2n) is 4.66. The quantitative estimate of drug-likeness (QED) is 0.641. The van der Waals surface area contributed by atoms with Gasteiger partial charge in [0.15, 0.2) is 0 Å². The summed E-state index contributed by atoms with van der Waals surface area (Å²) in [5.74, 6) is 6.12. The van der Waals surface area contributed by atoms with Crippen LogP contribution in [-0.2, 0) is 6.42 Å². The van der Waals surface area contributed by atoms with E-state index in [-0.39, 0.29) is 0 Å². The Hall–Kier alpha value is -1.19. The van der Waals surface area contributed by atoms with Crippen LogP contribution in [0.4, 0.5) is 0 Å². The first-order valence-electron chi connectivity index (χ1n) is 5.63. The third-order valence-electron chi connectivity index (χ3n) is 2.33. The fraction of sp³-hybridized carbons (Fsp3) is 0.385. The molecule has 0 saturated heterocycles. The van der Waals surface area contributed by atoms with E-state index in [1.165, 1.54) is 10.6 Å². The molecule has 1 rings (SSSR count). The Kier molecular flexibility index (Phi) is 4.85. The SMILES string of the molecule is CC(C)Cc1ccc(/C(N)=C/N(C)N)c(Cl)c1. The summed E-state index contributed by atoms with van der Waals surface area (Å²) < 4.78 is 0. The number of hydrazine groups is 1. The number of nitrogens with zero attached hydrogens (tertiary/aromatic N) is 1. The molecule has 0 bridgehead atoms. The highest BCUT2D eigenvalue weighted by Crippen LogP contribution is 2.23. The first kappa shape index (κ1) is 13.9. The van der Waals surface area contributed by atoms with Crippen LogP contribution in [0.1, 0.15) is 25.0 Å². The molecule has 4 N–H and O–H groups in total. The molecule has 0 spiro atoms. The Balaban J connectivity index is 2.97. The average Bonchev–Trinajstić information content (AvgIpc) is 2.14. The van der Waals surface area contributed by atoms with E-state index in [0.717, 1.165) is 12.0 Å². The molecule has 1 aromatic carbocycles. The van der Waals surface area contributed by atoms with Gasteiger partial charge >= 0.3 is 0 Å². The zero-order valence-corrected chi connectivity index (χ0v) is 11.3. The Morgan fingerprint density at radius 1 is 1.47 bits per heavy atom. The molecule has 0 amide bonds. The lowest BCUT2D eigenvalue weighted by Gasteiger charge is -2.11. The second-order valence-corrected chi connectivity index (χ2v) is 5.07. The summed E-state index contributed by atoms with van der Waals surface area (Å²) in [6.07, 6.45) is 2.66. The van der Waals surface area contributed by atoms with Gasteiger partial charge in [-0.15, -0.1) is 0 Å². The van der Waals surface area contributed by atoms with Crippen LogP contribution in [0.15, 0.2) is 24.4 Å². The van der Waals surface area contributed by atoms with Crippen molar-refractivity contribution in [3.8, 4) is 0 Å². The zero-order valence-electron chi connectivity index (χ0n) is 10.6. The van der Waals surface area contributed by atoms with E-state index >= 15 is 0 Å². The lowest BCUT2D eigenvalue weighted by molar-refractivity contribution is 0.486. The van der Waals surface area contributed by atoms with Crippen LogP contribution in [-0.4, -0.2) is 12.1 Å². The Morgan fingerprint density at radius 3 is 2.59 bits per heavy atom. The molecule has 0 aliphatic carbocycles. The van der Waals surface area contributed by atoms with Gasteiger partial charge in [0.05, 0.1) is 10.7 Å². The fourth-order valence-corrected chi connectivity index (χ4v) is 1.99. The van der Waals surface area contributed by atoms with E-state index in [1.54, 1.807) is 13.2 Å². The molecular weight excluding hydrogens is 234 g/mol. The van der Waals surface area contributed by atoms with Crippen LogP contribution in [0.5, 0.6) is 0 Å². The predicted molar refractivity (Wildman–Crippen MR) is 74.1 cm³/mol. The van der Waals surface area contributed by atoms with E-state index in [2.05, 4.69) is 19.9 Å². The number of hydrogen-bond donors (Lipinski definition) is 2. The van der Waals surface area contributed by atoms with E-state index < -0.39 is 0 Å². The summed E-state index contributed by atoms with van der Waals surface area (Å²) in [7, 11) is 1.72. The van der Waals surface area contributed by atoms with Crippen molar-refractivity contribution in [3.63, 3.8) is 0 Å². The monoisotopic (exact) mass is 253 g/mol. The predicted octanol–water partition coefficient (Wildman–Crippen LogP) is 2.60. The molecule has 0 aliphatic rings. The van der Waals surface area contributed by atoms with Gasteiger partial charge < -0.3 is 10.7 Å². The minimum absolute atomic E-state index is 0.566. The first-order valence-corrected chi connectivity index (χ1v) is 6.01. The molecule has 0 unspecified atom stereocenters. The summed E-state index contributed by atoms with van der Waals surface area (Å²) in [6.45, 7) is 4.36. The maximum atomic E-state index is 6.21. The molecule has 1 aromatic rings. The fourth-order valence-electron chi connectivity index (χ4n) is 1.68. The van der Waals surface area contributed by atoms with Crippen molar-refractivity contribution in [2.24, 2.45) is 17.5 Å². The van der Waals surface area contributed by atoms with Crippen LogP contribution in [0.2, 0.25) is 5.02 Å². The largest absolute Gasteiger partial charge is 0.397 e. The van der Waals surface area contributed by atoms with Crippen molar-refractivity contribution in [1.82, 2.24) is 5.01 Å². The Labute approximate surface area is 108 Å². The summed E-state index contributed by atoms with van der Waals surface area (Å²) in [5, 5.41) is 2.08. The maximum absolute atomic E-state index is 6.21. The molecule has 4 heteroatoms. The number of benzene rings is 1. The molecule has 0 heterocycles. The van der Waals surface area contributed by atoms with Crippen molar-refractivity contribution < 1.29 is 0 Å². The first-order chi connectivity index (χ1) is 7.90. The molecule has 17 heavy (non-hydrogen) atoms. The normalized spacial score (nSPS) is 12.0. The van der Waals surface area contributed by atoms with Gasteiger partial charge in [0.25, 0.3) is 0 Å². The molecule has 0 saturated carbocycles. The van der Waals surface area contributed by atoms with Gasteiger partial charge in [-0.05, 0) is 24.0 Å². The van der Waals surface area contributed by atoms with Crippen LogP contribution < -0.4 is 11.6 Å². The van der Waals surface area contributed by atoms with E-state index in [0.29, 0.717) is 16.6 Å². The van der Waals surface area contributed by atoms with Crippen LogP contribution in [0, 0.1) is 5.92 Å². The van der Waals surface area contributed by atoms with Gasteiger partial charge in [-0.1, -0.05) is 37.6 Å². The van der Waals surface area contributed by atoms with Gasteiger partial charge in [-0.2, -0.15) is 0 Å². The minimum Gasteiger partial charge on any atom is -0.397 e. The summed E-state index contributed by atoms with van der Waals surface area (Å²) >= 11 is 6.21. The molecule has 3 nitrogen and oxygen atoms in total. The molecule has 0 aromatic heterocycles. The third kappa shape index (κ3) is 4.29. The highest BCUT2D eigenvalue weighted by molar-refractivity contribution is 6.32. The standard InChI is InChI=1S/C13H20ClN3/c1-9(2)6-10-4-5-11(12(14)7-10)13(15)8-17(3)16/h4-5,7-9H,6,15-16H2,1-3H3/b13-8-. The lowest BCUT2D eigenvalue weighted by atomic mass is 10.0. The van der Waals surface area contributed by atoms with Gasteiger partial charge in [0, 0.05) is 18.8 Å². The molecule has 0 radical (unpaired) electrons. The van der Waals surface area contributed by atoms with Crippen LogP contribution in [0.25, 0.3) is 5.70 Å². The molecule has 0 atom stereocenters. The highest BCUT2D eigenvalue weighted by Gasteiger charge is 2.06. The van der Waals surface area contributed by atoms with Gasteiger partial charge in [0.2, 0.25) is 0 Å². The molecule has 0 fully saturated rings. The smallest absolute Gasteiger partial charge is 0.0579 e. The van der Waals surface area contributed by atoms with Crippen molar-refractivity contribution >= 4 is 17.3 Å². The summed E-state index contributed by atoms with van der Waals surface area (Å²) in [6, 6.07) is 5.96. The zero-order chi connectivity index (χ0) is 13.0. The van der Waals surface area contributed by atoms with Crippen LogP contribution >= 0.6 is 11.6 Å². The maximum Gasteiger partial charge on any atom is 0.0579 e. The molecular formula is C13H20ClN3. The summed E-state index contributed by atoms with van der Waals surface area (Å²) in [4.78, 5) is 0. The van der Waals surface area contributed by atoms with Crippen molar-refractivity contribution in [1.29, 1.82) is 0 Å². The average molecular weight is 254 g/mol. The van der Waals surface area contributed by atoms with Crippen molar-refractivity contribution in [2.45, 2.75) is 20.3 Å². The number of rotatable bonds is 4. The number of halogens is 1. The van der Waals surface area contributed by atoms with E-state index in [9.17, 15) is 0 Å². The van der Waals surface area contributed by atoms with E-state index in [4.69, 9.17) is 23.2 Å². The van der Waals surface area contributed by atoms with Crippen LogP contribution in [0.3, 0.4) is 0 Å². The summed E-state index contributed by atoms with van der Waals surface area (Å²) in [5.41, 5.74) is 8.51. The van der Waals surface area contributed by atoms with E-state index in [1.807, 2.05) is 12.1 Å². The second kappa shape index (κ2) is 5.94. The van der Waals surface area contributed by atoms with Crippen molar-refractivity contribution in [2.75, 3.05) is 7.05 Å². The molecule has 94 valence electrons. The molecule has 0 aliphatic heterocycles. The van der Waals surface area contributed by atoms with Gasteiger partial charge in [-0.25, -0.2) is 5.84 Å². The third-order valence-corrected chi connectivity index (χ3v) is 2.64. The highest BCUT2D eigenvalue weighted by atomic mass is 35.5. The minimum atomic E-state index is 0.566.